The second-order valence-corrected chi connectivity index (χ2v) is 8.80. The molecule has 1 amide bonds. The summed E-state index contributed by atoms with van der Waals surface area (Å²) in [5.41, 5.74) is 1.52. The van der Waals surface area contributed by atoms with E-state index in [2.05, 4.69) is 25.8 Å². The van der Waals surface area contributed by atoms with Gasteiger partial charge in [0.15, 0.2) is 10.3 Å². The van der Waals surface area contributed by atoms with Gasteiger partial charge < -0.3 is 14.8 Å². The molecular weight excluding hydrogens is 476 g/mol. The molecule has 0 bridgehead atoms. The van der Waals surface area contributed by atoms with Crippen LogP contribution in [-0.2, 0) is 4.79 Å². The zero-order valence-corrected chi connectivity index (χ0v) is 18.8. The number of carboxylic acid groups (broad SMARTS) is 1. The van der Waals surface area contributed by atoms with E-state index in [0.29, 0.717) is 31.8 Å². The van der Waals surface area contributed by atoms with E-state index in [0.717, 1.165) is 17.4 Å². The number of nitrogens with zero attached hydrogens (tertiary/aromatic N) is 5. The maximum Gasteiger partial charge on any atom is 0.335 e. The van der Waals surface area contributed by atoms with Crippen molar-refractivity contribution < 1.29 is 19.1 Å². The number of aliphatic imine (C=N–C) groups is 1. The summed E-state index contributed by atoms with van der Waals surface area (Å²) in [6.45, 7) is 0. The molecule has 1 fully saturated rings. The number of rotatable bonds is 6. The van der Waals surface area contributed by atoms with Gasteiger partial charge in [-0.15, -0.1) is 5.10 Å². The maximum absolute atomic E-state index is 12.4. The SMILES string of the molecule is O=C1NC(=Nc2ccc(C(=O)O)cc2)S/C1=C\c1ccc(Sc2nnnn2-c2ccccc2)o1. The smallest absolute Gasteiger partial charge is 0.335 e. The largest absolute Gasteiger partial charge is 0.478 e. The third-order valence-electron chi connectivity index (χ3n) is 4.50. The Balaban J connectivity index is 1.29. The quantitative estimate of drug-likeness (QED) is 0.384. The van der Waals surface area contributed by atoms with Crippen LogP contribution in [0.15, 0.2) is 91.3 Å². The molecule has 2 aromatic heterocycles. The van der Waals surface area contributed by atoms with Gasteiger partial charge in [-0.3, -0.25) is 4.79 Å². The molecule has 1 aliphatic heterocycles. The average Bonchev–Trinajstić information content (AvgIpc) is 3.56. The number of benzene rings is 2. The number of aromatic nitrogens is 4. The minimum Gasteiger partial charge on any atom is -0.478 e. The first-order chi connectivity index (χ1) is 16.5. The second kappa shape index (κ2) is 9.37. The summed E-state index contributed by atoms with van der Waals surface area (Å²) in [5.74, 6) is -0.823. The lowest BCUT2D eigenvalue weighted by Gasteiger charge is -2.01. The number of furan rings is 1. The van der Waals surface area contributed by atoms with E-state index < -0.39 is 5.97 Å². The highest BCUT2D eigenvalue weighted by Gasteiger charge is 2.24. The van der Waals surface area contributed by atoms with Gasteiger partial charge in [0.25, 0.3) is 5.91 Å². The van der Waals surface area contributed by atoms with Crippen molar-refractivity contribution in [2.24, 2.45) is 4.99 Å². The van der Waals surface area contributed by atoms with Crippen LogP contribution in [0.3, 0.4) is 0 Å². The molecule has 3 heterocycles. The molecular formula is C22H14N6O4S2. The van der Waals surface area contributed by atoms with Crippen LogP contribution in [0.2, 0.25) is 0 Å². The summed E-state index contributed by atoms with van der Waals surface area (Å²) < 4.78 is 7.44. The lowest BCUT2D eigenvalue weighted by Crippen LogP contribution is -2.19. The van der Waals surface area contributed by atoms with Gasteiger partial charge in [-0.1, -0.05) is 18.2 Å². The molecule has 4 aromatic rings. The van der Waals surface area contributed by atoms with Crippen LogP contribution in [0.1, 0.15) is 16.1 Å². The van der Waals surface area contributed by atoms with Crippen LogP contribution < -0.4 is 5.32 Å². The molecule has 2 N–H and O–H groups in total. The van der Waals surface area contributed by atoms with E-state index >= 15 is 0 Å². The third kappa shape index (κ3) is 4.77. The van der Waals surface area contributed by atoms with Crippen molar-refractivity contribution in [3.8, 4) is 5.69 Å². The fourth-order valence-electron chi connectivity index (χ4n) is 2.94. The molecule has 0 radical (unpaired) electrons. The molecule has 0 unspecified atom stereocenters. The highest BCUT2D eigenvalue weighted by atomic mass is 32.2. The van der Waals surface area contributed by atoms with Gasteiger partial charge in [0.2, 0.25) is 5.16 Å². The number of tetrazole rings is 1. The third-order valence-corrected chi connectivity index (χ3v) is 6.27. The number of aromatic carboxylic acids is 1. The van der Waals surface area contributed by atoms with Gasteiger partial charge in [0.1, 0.15) is 5.76 Å². The molecule has 1 saturated heterocycles. The van der Waals surface area contributed by atoms with Crippen molar-refractivity contribution >= 4 is 52.3 Å². The van der Waals surface area contributed by atoms with Crippen LogP contribution in [0.5, 0.6) is 0 Å². The highest BCUT2D eigenvalue weighted by Crippen LogP contribution is 2.32. The molecule has 1 aliphatic rings. The average molecular weight is 491 g/mol. The van der Waals surface area contributed by atoms with E-state index in [1.54, 1.807) is 35.0 Å². The number of carboxylic acids is 1. The highest BCUT2D eigenvalue weighted by molar-refractivity contribution is 8.18. The Bertz CT molecular complexity index is 1430. The molecule has 0 spiro atoms. The minimum absolute atomic E-state index is 0.164. The van der Waals surface area contributed by atoms with Gasteiger partial charge in [0.05, 0.1) is 21.8 Å². The Hall–Kier alpha value is -4.16. The van der Waals surface area contributed by atoms with E-state index in [1.807, 2.05) is 30.3 Å². The van der Waals surface area contributed by atoms with Crippen molar-refractivity contribution in [1.29, 1.82) is 0 Å². The molecule has 0 aliphatic carbocycles. The zero-order chi connectivity index (χ0) is 23.5. The predicted molar refractivity (Wildman–Crippen MR) is 126 cm³/mol. The maximum atomic E-state index is 12.4. The number of para-hydroxylation sites is 1. The zero-order valence-electron chi connectivity index (χ0n) is 17.2. The fourth-order valence-corrected chi connectivity index (χ4v) is 4.52. The first-order valence-corrected chi connectivity index (χ1v) is 11.4. The van der Waals surface area contributed by atoms with Crippen molar-refractivity contribution in [1.82, 2.24) is 25.5 Å². The monoisotopic (exact) mass is 490 g/mol. The number of thioether (sulfide) groups is 1. The molecule has 0 saturated carbocycles. The number of nitrogens with one attached hydrogen (secondary N) is 1. The van der Waals surface area contributed by atoms with Crippen LogP contribution >= 0.6 is 23.5 Å². The Morgan fingerprint density at radius 2 is 1.91 bits per heavy atom. The summed E-state index contributed by atoms with van der Waals surface area (Å²) in [7, 11) is 0. The predicted octanol–water partition coefficient (Wildman–Crippen LogP) is 4.00. The second-order valence-electron chi connectivity index (χ2n) is 6.80. The van der Waals surface area contributed by atoms with Gasteiger partial charge in [-0.2, -0.15) is 4.68 Å². The van der Waals surface area contributed by atoms with Crippen molar-refractivity contribution in [2.45, 2.75) is 10.2 Å². The van der Waals surface area contributed by atoms with Gasteiger partial charge >= 0.3 is 5.97 Å². The number of hydrogen-bond donors (Lipinski definition) is 2. The summed E-state index contributed by atoms with van der Waals surface area (Å²) in [5, 5.41) is 25.0. The van der Waals surface area contributed by atoms with Gasteiger partial charge in [-0.25, -0.2) is 9.79 Å². The normalized spacial score (nSPS) is 15.7. The van der Waals surface area contributed by atoms with Crippen molar-refractivity contribution in [2.75, 3.05) is 0 Å². The molecule has 0 atom stereocenters. The Morgan fingerprint density at radius 3 is 2.68 bits per heavy atom. The molecule has 34 heavy (non-hydrogen) atoms. The van der Waals surface area contributed by atoms with Crippen molar-refractivity contribution in [3.05, 3.63) is 83.0 Å². The summed E-state index contributed by atoms with van der Waals surface area (Å²) >= 11 is 2.42. The topological polar surface area (TPSA) is 136 Å². The lowest BCUT2D eigenvalue weighted by molar-refractivity contribution is -0.115. The number of carbonyl (C=O) groups is 2. The Labute approximate surface area is 200 Å². The first-order valence-electron chi connectivity index (χ1n) is 9.79. The van der Waals surface area contributed by atoms with E-state index in [1.165, 1.54) is 23.9 Å². The summed E-state index contributed by atoms with van der Waals surface area (Å²) in [6, 6.07) is 19.1. The lowest BCUT2D eigenvalue weighted by atomic mass is 10.2. The standard InChI is InChI=1S/C22H14N6O4S2/c29-19-17(33-21(24-19)23-14-8-6-13(7-9-14)20(30)31)12-16-10-11-18(32-16)34-22-25-26-27-28(22)15-4-2-1-3-5-15/h1-12H,(H,30,31)(H,23,24,29)/b17-12-. The van der Waals surface area contributed by atoms with Crippen LogP contribution in [-0.4, -0.2) is 42.4 Å². The van der Waals surface area contributed by atoms with Gasteiger partial charge in [-0.05, 0) is 82.5 Å². The van der Waals surface area contributed by atoms with E-state index in [9.17, 15) is 9.59 Å². The molecule has 2 aromatic carbocycles. The van der Waals surface area contributed by atoms with Gasteiger partial charge in [0, 0.05) is 6.08 Å². The number of hydrogen-bond acceptors (Lipinski definition) is 9. The number of amides is 1. The van der Waals surface area contributed by atoms with E-state index in [-0.39, 0.29) is 11.5 Å². The van der Waals surface area contributed by atoms with Crippen LogP contribution in [0.4, 0.5) is 5.69 Å². The summed E-state index contributed by atoms with van der Waals surface area (Å²) in [4.78, 5) is 28.1. The fraction of sp³-hybridized carbons (Fsp3) is 0. The molecule has 12 heteroatoms. The number of amidine groups is 1. The first kappa shape index (κ1) is 21.7. The summed E-state index contributed by atoms with van der Waals surface area (Å²) in [6.07, 6.45) is 1.63. The van der Waals surface area contributed by atoms with Crippen molar-refractivity contribution in [3.63, 3.8) is 0 Å². The van der Waals surface area contributed by atoms with E-state index in [4.69, 9.17) is 9.52 Å². The van der Waals surface area contributed by atoms with Crippen LogP contribution in [0.25, 0.3) is 11.8 Å². The molecule has 168 valence electrons. The minimum atomic E-state index is -1.01. The van der Waals surface area contributed by atoms with Crippen LogP contribution in [0, 0.1) is 0 Å². The molecule has 5 rings (SSSR count). The molecule has 10 nitrogen and oxygen atoms in total. The Morgan fingerprint density at radius 1 is 1.12 bits per heavy atom. The number of carbonyl (C=O) groups excluding carboxylic acids is 1. The Kier molecular flexibility index (Phi) is 5.97.